The maximum absolute atomic E-state index is 5.71. The van der Waals surface area contributed by atoms with Gasteiger partial charge in [0.05, 0.1) is 6.26 Å². The third-order valence-corrected chi connectivity index (χ3v) is 3.32. The summed E-state index contributed by atoms with van der Waals surface area (Å²) in [5.74, 6) is 1.69. The van der Waals surface area contributed by atoms with Crippen LogP contribution >= 0.6 is 11.8 Å². The molecule has 2 nitrogen and oxygen atoms in total. The molecule has 0 unspecified atom stereocenters. The van der Waals surface area contributed by atoms with Crippen molar-refractivity contribution in [2.45, 2.75) is 0 Å². The molecule has 0 atom stereocenters. The molecule has 0 aliphatic carbocycles. The summed E-state index contributed by atoms with van der Waals surface area (Å²) in [6, 6.07) is 14.3. The second kappa shape index (κ2) is 5.19. The number of thioether (sulfide) groups is 1. The van der Waals surface area contributed by atoms with Gasteiger partial charge in [-0.2, -0.15) is 0 Å². The van der Waals surface area contributed by atoms with Gasteiger partial charge in [-0.1, -0.05) is 42.1 Å². The summed E-state index contributed by atoms with van der Waals surface area (Å²) < 4.78 is 11.0. The quantitative estimate of drug-likeness (QED) is 0.816. The van der Waals surface area contributed by atoms with Crippen molar-refractivity contribution in [2.24, 2.45) is 0 Å². The van der Waals surface area contributed by atoms with E-state index in [0.717, 1.165) is 11.5 Å². The predicted molar refractivity (Wildman–Crippen MR) is 75.3 cm³/mol. The average Bonchev–Trinajstić information content (AvgIpc) is 2.46. The Morgan fingerprint density at radius 3 is 2.78 bits per heavy atom. The van der Waals surface area contributed by atoms with E-state index in [1.807, 2.05) is 35.1 Å². The van der Waals surface area contributed by atoms with Crippen molar-refractivity contribution >= 4 is 22.5 Å². The normalized spacial score (nSPS) is 14.1. The Kier molecular flexibility index (Phi) is 3.24. The SMILES string of the molecule is C1=CSC=C(COc2ccc3ccccc3c2)O1. The molecule has 1 aliphatic heterocycles. The topological polar surface area (TPSA) is 18.5 Å². The standard InChI is InChI=1S/C15H12O2S/c1-2-4-13-9-14(6-5-12(13)3-1)17-10-15-11-18-8-7-16-15/h1-9,11H,10H2. The van der Waals surface area contributed by atoms with Crippen LogP contribution in [-0.4, -0.2) is 6.61 Å². The Morgan fingerprint density at radius 1 is 1.06 bits per heavy atom. The maximum atomic E-state index is 5.71. The van der Waals surface area contributed by atoms with Crippen molar-refractivity contribution < 1.29 is 9.47 Å². The zero-order valence-electron chi connectivity index (χ0n) is 9.71. The molecule has 0 bridgehead atoms. The Labute approximate surface area is 110 Å². The Hall–Kier alpha value is -1.87. The molecule has 3 heteroatoms. The van der Waals surface area contributed by atoms with Crippen LogP contribution in [0.2, 0.25) is 0 Å². The van der Waals surface area contributed by atoms with Crippen molar-refractivity contribution in [1.82, 2.24) is 0 Å². The van der Waals surface area contributed by atoms with E-state index < -0.39 is 0 Å². The summed E-state index contributed by atoms with van der Waals surface area (Å²) in [5, 5.41) is 6.24. The van der Waals surface area contributed by atoms with E-state index in [1.165, 1.54) is 10.8 Å². The van der Waals surface area contributed by atoms with Crippen LogP contribution in [0.4, 0.5) is 0 Å². The molecule has 3 rings (SSSR count). The van der Waals surface area contributed by atoms with Crippen LogP contribution in [0.3, 0.4) is 0 Å². The molecule has 1 heterocycles. The lowest BCUT2D eigenvalue weighted by Crippen LogP contribution is -2.03. The first kappa shape index (κ1) is 11.2. The van der Waals surface area contributed by atoms with E-state index in [1.54, 1.807) is 18.0 Å². The highest BCUT2D eigenvalue weighted by molar-refractivity contribution is 8.04. The largest absolute Gasteiger partial charge is 0.486 e. The van der Waals surface area contributed by atoms with Gasteiger partial charge >= 0.3 is 0 Å². The number of rotatable bonds is 3. The molecule has 1 aliphatic rings. The molecule has 18 heavy (non-hydrogen) atoms. The Bertz CT molecular complexity index is 617. The lowest BCUT2D eigenvalue weighted by Gasteiger charge is -2.11. The number of benzene rings is 2. The fourth-order valence-electron chi connectivity index (χ4n) is 1.77. The van der Waals surface area contributed by atoms with E-state index in [-0.39, 0.29) is 0 Å². The van der Waals surface area contributed by atoms with Crippen molar-refractivity contribution in [1.29, 1.82) is 0 Å². The van der Waals surface area contributed by atoms with Crippen LogP contribution in [0, 0.1) is 0 Å². The van der Waals surface area contributed by atoms with Crippen LogP contribution in [-0.2, 0) is 4.74 Å². The van der Waals surface area contributed by atoms with E-state index in [0.29, 0.717) is 6.61 Å². The predicted octanol–water partition coefficient (Wildman–Crippen LogP) is 4.29. The molecule has 0 saturated carbocycles. The van der Waals surface area contributed by atoms with Gasteiger partial charge in [0.25, 0.3) is 0 Å². The molecule has 0 radical (unpaired) electrons. The average molecular weight is 256 g/mol. The van der Waals surface area contributed by atoms with Crippen LogP contribution in [0.1, 0.15) is 0 Å². The van der Waals surface area contributed by atoms with Crippen molar-refractivity contribution in [3.05, 3.63) is 65.3 Å². The van der Waals surface area contributed by atoms with Crippen molar-refractivity contribution in [3.8, 4) is 5.75 Å². The minimum Gasteiger partial charge on any atom is -0.486 e. The van der Waals surface area contributed by atoms with E-state index in [4.69, 9.17) is 9.47 Å². The van der Waals surface area contributed by atoms with Gasteiger partial charge in [0.2, 0.25) is 0 Å². The third-order valence-electron chi connectivity index (χ3n) is 2.66. The Morgan fingerprint density at radius 2 is 1.94 bits per heavy atom. The van der Waals surface area contributed by atoms with E-state index in [2.05, 4.69) is 18.2 Å². The fraction of sp³-hybridized carbons (Fsp3) is 0.0667. The zero-order chi connectivity index (χ0) is 12.2. The first-order chi connectivity index (χ1) is 8.92. The maximum Gasteiger partial charge on any atom is 0.147 e. The molecule has 2 aromatic rings. The second-order valence-corrected chi connectivity index (χ2v) is 4.69. The lowest BCUT2D eigenvalue weighted by atomic mass is 10.1. The molecule has 0 fully saturated rings. The number of hydrogen-bond acceptors (Lipinski definition) is 3. The minimum atomic E-state index is 0.454. The summed E-state index contributed by atoms with van der Waals surface area (Å²) in [6.45, 7) is 0.454. The Balaban J connectivity index is 1.72. The zero-order valence-corrected chi connectivity index (χ0v) is 10.5. The van der Waals surface area contributed by atoms with Gasteiger partial charge in [0, 0.05) is 10.8 Å². The monoisotopic (exact) mass is 256 g/mol. The summed E-state index contributed by atoms with van der Waals surface area (Å²) >= 11 is 1.59. The molecule has 0 saturated heterocycles. The van der Waals surface area contributed by atoms with E-state index in [9.17, 15) is 0 Å². The molecule has 90 valence electrons. The second-order valence-electron chi connectivity index (χ2n) is 3.91. The summed E-state index contributed by atoms with van der Waals surface area (Å²) in [5.41, 5.74) is 0. The van der Waals surface area contributed by atoms with Crippen LogP contribution < -0.4 is 4.74 Å². The summed E-state index contributed by atoms with van der Waals surface area (Å²) in [7, 11) is 0. The first-order valence-electron chi connectivity index (χ1n) is 5.69. The smallest absolute Gasteiger partial charge is 0.147 e. The number of ether oxygens (including phenoxy) is 2. The lowest BCUT2D eigenvalue weighted by molar-refractivity contribution is 0.250. The van der Waals surface area contributed by atoms with Crippen LogP contribution in [0.5, 0.6) is 5.75 Å². The molecule has 0 aromatic heterocycles. The summed E-state index contributed by atoms with van der Waals surface area (Å²) in [4.78, 5) is 0. The molecule has 0 spiro atoms. The van der Waals surface area contributed by atoms with Gasteiger partial charge in [0.15, 0.2) is 0 Å². The van der Waals surface area contributed by atoms with Crippen molar-refractivity contribution in [2.75, 3.05) is 6.61 Å². The number of fused-ring (bicyclic) bond motifs is 1. The highest BCUT2D eigenvalue weighted by atomic mass is 32.2. The van der Waals surface area contributed by atoms with Gasteiger partial charge in [-0.05, 0) is 22.9 Å². The van der Waals surface area contributed by atoms with E-state index >= 15 is 0 Å². The molecule has 0 amide bonds. The summed E-state index contributed by atoms with van der Waals surface area (Å²) in [6.07, 6.45) is 1.67. The molecule has 0 N–H and O–H groups in total. The fourth-order valence-corrected chi connectivity index (χ4v) is 2.24. The van der Waals surface area contributed by atoms with Gasteiger partial charge < -0.3 is 9.47 Å². The minimum absolute atomic E-state index is 0.454. The number of hydrogen-bond donors (Lipinski definition) is 0. The first-order valence-corrected chi connectivity index (χ1v) is 6.64. The van der Waals surface area contributed by atoms with Gasteiger partial charge in [-0.15, -0.1) is 0 Å². The molecule has 2 aromatic carbocycles. The van der Waals surface area contributed by atoms with Gasteiger partial charge in [0.1, 0.15) is 18.1 Å². The molecular formula is C15H12O2S. The van der Waals surface area contributed by atoms with Crippen molar-refractivity contribution in [3.63, 3.8) is 0 Å². The third kappa shape index (κ3) is 2.51. The van der Waals surface area contributed by atoms with Crippen LogP contribution in [0.15, 0.2) is 65.3 Å². The highest BCUT2D eigenvalue weighted by Gasteiger charge is 2.03. The van der Waals surface area contributed by atoms with Gasteiger partial charge in [-0.25, -0.2) is 0 Å². The van der Waals surface area contributed by atoms with Crippen LogP contribution in [0.25, 0.3) is 10.8 Å². The van der Waals surface area contributed by atoms with Gasteiger partial charge in [-0.3, -0.25) is 0 Å². The highest BCUT2D eigenvalue weighted by Crippen LogP contribution is 2.22. The molecular weight excluding hydrogens is 244 g/mol.